The molecule has 1 N–H and O–H groups in total. The molecule has 18 nitrogen and oxygen atoms in total. The highest BCUT2D eigenvalue weighted by atomic mass is 16.6. The maximum Gasteiger partial charge on any atom is 0.410 e. The Labute approximate surface area is 360 Å². The number of piperidine rings is 2. The molecule has 61 heavy (non-hydrogen) atoms. The fourth-order valence-corrected chi connectivity index (χ4v) is 9.07. The number of carbonyl (C=O) groups is 7. The van der Waals surface area contributed by atoms with E-state index in [1.807, 2.05) is 32.6 Å². The molecule has 7 saturated heterocycles. The molecule has 0 radical (unpaired) electrons. The Balaban J connectivity index is 0.000000187. The van der Waals surface area contributed by atoms with Gasteiger partial charge in [0.2, 0.25) is 0 Å². The summed E-state index contributed by atoms with van der Waals surface area (Å²) in [5.41, 5.74) is -0.468. The minimum atomic E-state index is -0.468. The van der Waals surface area contributed by atoms with E-state index in [0.29, 0.717) is 88.4 Å². The van der Waals surface area contributed by atoms with Gasteiger partial charge >= 0.3 is 36.2 Å². The maximum atomic E-state index is 12.1. The molecular weight excluding hydrogens is 794 g/mol. The minimum Gasteiger partial charge on any atom is -0.469 e. The molecule has 4 atom stereocenters. The SMILES string of the molecule is CCOC(=O)N1C2CCC1CC(=O)C2.CCOC(=O)N1C2CCC1CC(N1CC(CC(=O)OC)C1)C2.COC(=O)CC1CN(C(=O)OC(C)(C)C)C1.COC(=O)CC1CNC1. The Morgan fingerprint density at radius 2 is 1.00 bits per heavy atom. The minimum absolute atomic E-state index is 0.0958. The van der Waals surface area contributed by atoms with Crippen LogP contribution in [-0.4, -0.2) is 171 Å². The van der Waals surface area contributed by atoms with Gasteiger partial charge < -0.3 is 48.4 Å². The molecular formula is C43H71N5O13. The molecule has 0 saturated carbocycles. The highest BCUT2D eigenvalue weighted by molar-refractivity contribution is 5.83. The Kier molecular flexibility index (Phi) is 18.9. The highest BCUT2D eigenvalue weighted by Crippen LogP contribution is 2.40. The zero-order chi connectivity index (χ0) is 44.9. The fraction of sp³-hybridized carbons (Fsp3) is 0.837. The molecule has 0 aromatic rings. The first kappa shape index (κ1) is 49.5. The van der Waals surface area contributed by atoms with Crippen molar-refractivity contribution in [3.8, 4) is 0 Å². The fourth-order valence-electron chi connectivity index (χ4n) is 9.07. The lowest BCUT2D eigenvalue weighted by Gasteiger charge is -2.49. The number of rotatable bonds is 9. The van der Waals surface area contributed by atoms with Gasteiger partial charge in [0.1, 0.15) is 11.4 Å². The predicted molar refractivity (Wildman–Crippen MR) is 221 cm³/mol. The molecule has 0 aromatic carbocycles. The second-order valence-corrected chi connectivity index (χ2v) is 18.0. The number of hydrogen-bond acceptors (Lipinski definition) is 15. The van der Waals surface area contributed by atoms with E-state index >= 15 is 0 Å². The maximum absolute atomic E-state index is 12.1. The standard InChI is InChI=1S/C16H26N2O4.C11H19NO4.C10H15NO3.C6H11NO2/c1-3-22-16(20)18-12-4-5-13(18)8-14(7-12)17-9-11(10-17)6-15(19)21-2;1-11(2,3)16-10(14)12-6-8(7-12)5-9(13)15-4;1-2-14-10(13)11-7-3-4-8(11)6-9(12)5-7;1-9-6(8)2-5-3-7-4-5/h11-14H,3-10H2,1-2H3;8H,5-7H2,1-4H3;7-8H,2-6H2,1H3;5,7H,2-4H2,1H3. The van der Waals surface area contributed by atoms with Gasteiger partial charge in [-0.1, -0.05) is 0 Å². The van der Waals surface area contributed by atoms with E-state index in [9.17, 15) is 33.6 Å². The summed E-state index contributed by atoms with van der Waals surface area (Å²) in [6.07, 6.45) is 8.01. The molecule has 7 fully saturated rings. The lowest BCUT2D eigenvalue weighted by molar-refractivity contribution is -0.144. The summed E-state index contributed by atoms with van der Waals surface area (Å²) in [5.74, 6) is 1.03. The van der Waals surface area contributed by atoms with Gasteiger partial charge in [0.15, 0.2) is 0 Å². The first-order valence-corrected chi connectivity index (χ1v) is 22.0. The lowest BCUT2D eigenvalue weighted by Crippen LogP contribution is -2.58. The van der Waals surface area contributed by atoms with Crippen LogP contribution in [0.3, 0.4) is 0 Å². The topological polar surface area (TPSA) is 200 Å². The first-order valence-electron chi connectivity index (χ1n) is 22.0. The van der Waals surface area contributed by atoms with Crippen molar-refractivity contribution in [3.63, 3.8) is 0 Å². The molecule has 4 bridgehead atoms. The normalized spacial score (nSPS) is 25.6. The molecule has 0 spiro atoms. The Bertz CT molecular complexity index is 1480. The van der Waals surface area contributed by atoms with Crippen LogP contribution in [0.15, 0.2) is 0 Å². The quantitative estimate of drug-likeness (QED) is 0.256. The van der Waals surface area contributed by atoms with E-state index in [-0.39, 0.29) is 60.0 Å². The molecule has 346 valence electrons. The van der Waals surface area contributed by atoms with Crippen molar-refractivity contribution in [2.24, 2.45) is 17.8 Å². The van der Waals surface area contributed by atoms with Crippen molar-refractivity contribution in [2.75, 3.05) is 73.8 Å². The summed E-state index contributed by atoms with van der Waals surface area (Å²) in [6.45, 7) is 15.0. The van der Waals surface area contributed by atoms with E-state index in [2.05, 4.69) is 19.7 Å². The van der Waals surface area contributed by atoms with Crippen LogP contribution >= 0.6 is 0 Å². The third-order valence-corrected chi connectivity index (χ3v) is 12.2. The Morgan fingerprint density at radius 3 is 1.39 bits per heavy atom. The number of Topliss-reactive ketones (excluding diaryl/α,β-unsaturated/α-hetero) is 1. The molecule has 7 rings (SSSR count). The number of likely N-dealkylation sites (tertiary alicyclic amines) is 2. The molecule has 0 aromatic heterocycles. The van der Waals surface area contributed by atoms with Gasteiger partial charge in [-0.25, -0.2) is 14.4 Å². The second kappa shape index (κ2) is 23.3. The molecule has 3 amide bonds. The summed E-state index contributed by atoms with van der Waals surface area (Å²) in [4.78, 5) is 87.1. The van der Waals surface area contributed by atoms with Gasteiger partial charge in [0, 0.05) is 75.1 Å². The number of carbonyl (C=O) groups excluding carboxylic acids is 7. The van der Waals surface area contributed by atoms with Crippen molar-refractivity contribution in [2.45, 2.75) is 141 Å². The third-order valence-electron chi connectivity index (χ3n) is 12.2. The van der Waals surface area contributed by atoms with Crippen molar-refractivity contribution >= 4 is 42.0 Å². The van der Waals surface area contributed by atoms with E-state index in [1.54, 1.807) is 16.7 Å². The number of nitrogens with zero attached hydrogens (tertiary/aromatic N) is 4. The summed E-state index contributed by atoms with van der Waals surface area (Å²) >= 11 is 0. The molecule has 7 aliphatic heterocycles. The van der Waals surface area contributed by atoms with Gasteiger partial charge in [-0.2, -0.15) is 0 Å². The smallest absolute Gasteiger partial charge is 0.410 e. The van der Waals surface area contributed by atoms with Gasteiger partial charge in [-0.15, -0.1) is 0 Å². The van der Waals surface area contributed by atoms with Crippen LogP contribution in [0.2, 0.25) is 0 Å². The first-order chi connectivity index (χ1) is 29.0. The summed E-state index contributed by atoms with van der Waals surface area (Å²) in [5, 5.41) is 3.08. The van der Waals surface area contributed by atoms with Gasteiger partial charge in [-0.05, 0) is 98.1 Å². The van der Waals surface area contributed by atoms with Crippen LogP contribution in [-0.2, 0) is 47.6 Å². The number of nitrogens with one attached hydrogen (secondary N) is 1. The number of ether oxygens (including phenoxy) is 6. The van der Waals surface area contributed by atoms with E-state index < -0.39 is 5.60 Å². The van der Waals surface area contributed by atoms with Gasteiger partial charge in [0.05, 0.1) is 53.8 Å². The average Bonchev–Trinajstić information content (AvgIpc) is 3.60. The summed E-state index contributed by atoms with van der Waals surface area (Å²) in [7, 11) is 4.24. The van der Waals surface area contributed by atoms with Crippen LogP contribution in [0, 0.1) is 17.8 Å². The molecule has 7 aliphatic rings. The van der Waals surface area contributed by atoms with Crippen LogP contribution < -0.4 is 5.32 Å². The van der Waals surface area contributed by atoms with E-state index in [4.69, 9.17) is 18.9 Å². The predicted octanol–water partition coefficient (Wildman–Crippen LogP) is 4.16. The number of methoxy groups -OCH3 is 3. The largest absolute Gasteiger partial charge is 0.469 e. The van der Waals surface area contributed by atoms with Crippen molar-refractivity contribution in [1.82, 2.24) is 24.9 Å². The average molecular weight is 866 g/mol. The Morgan fingerprint density at radius 1 is 0.590 bits per heavy atom. The summed E-state index contributed by atoms with van der Waals surface area (Å²) < 4.78 is 29.1. The van der Waals surface area contributed by atoms with Crippen LogP contribution in [0.5, 0.6) is 0 Å². The highest BCUT2D eigenvalue weighted by Gasteiger charge is 2.47. The monoisotopic (exact) mass is 866 g/mol. The lowest BCUT2D eigenvalue weighted by atomic mass is 9.88. The third kappa shape index (κ3) is 14.7. The van der Waals surface area contributed by atoms with Crippen molar-refractivity contribution in [3.05, 3.63) is 0 Å². The molecule has 18 heteroatoms. The van der Waals surface area contributed by atoms with E-state index in [0.717, 1.165) is 64.7 Å². The number of fused-ring (bicyclic) bond motifs is 4. The Hall–Kier alpha value is -4.19. The number of esters is 3. The van der Waals surface area contributed by atoms with Gasteiger partial charge in [0.25, 0.3) is 0 Å². The van der Waals surface area contributed by atoms with Gasteiger partial charge in [-0.3, -0.25) is 24.1 Å². The van der Waals surface area contributed by atoms with Crippen LogP contribution in [0.25, 0.3) is 0 Å². The zero-order valence-corrected chi connectivity index (χ0v) is 37.6. The van der Waals surface area contributed by atoms with Crippen molar-refractivity contribution < 1.29 is 62.0 Å². The summed E-state index contributed by atoms with van der Waals surface area (Å²) in [6, 6.07) is 1.45. The van der Waals surface area contributed by atoms with Crippen LogP contribution in [0.1, 0.15) is 105 Å². The molecule has 0 aliphatic carbocycles. The number of hydrogen-bond donors (Lipinski definition) is 1. The van der Waals surface area contributed by atoms with Crippen LogP contribution in [0.4, 0.5) is 14.4 Å². The van der Waals surface area contributed by atoms with Crippen molar-refractivity contribution in [1.29, 1.82) is 0 Å². The molecule has 7 heterocycles. The zero-order valence-electron chi connectivity index (χ0n) is 37.6. The van der Waals surface area contributed by atoms with E-state index in [1.165, 1.54) is 21.3 Å². The molecule has 4 unspecified atom stereocenters. The number of amides is 3. The second-order valence-electron chi connectivity index (χ2n) is 18.0. The number of ketones is 1.